The number of anilines is 1. The van der Waals surface area contributed by atoms with Crippen molar-refractivity contribution < 1.29 is 14.3 Å². The summed E-state index contributed by atoms with van der Waals surface area (Å²) in [5, 5.41) is 0. The van der Waals surface area contributed by atoms with Crippen LogP contribution in [-0.4, -0.2) is 34.6 Å². The first-order valence-corrected chi connectivity index (χ1v) is 10.2. The van der Waals surface area contributed by atoms with E-state index in [1.807, 2.05) is 59.2 Å². The number of ether oxygens (including phenoxy) is 1. The van der Waals surface area contributed by atoms with Crippen molar-refractivity contribution in [1.29, 1.82) is 0 Å². The lowest BCUT2D eigenvalue weighted by Crippen LogP contribution is -2.50. The molecule has 1 amide bonds. The summed E-state index contributed by atoms with van der Waals surface area (Å²) in [6.07, 6.45) is 1.77. The van der Waals surface area contributed by atoms with Crippen molar-refractivity contribution >= 4 is 28.9 Å². The molecule has 0 spiro atoms. The van der Waals surface area contributed by atoms with Crippen molar-refractivity contribution in [3.05, 3.63) is 60.2 Å². The third-order valence-electron chi connectivity index (χ3n) is 5.36. The number of para-hydroxylation sites is 2. The summed E-state index contributed by atoms with van der Waals surface area (Å²) >= 11 is 0. The number of imidazole rings is 1. The number of unbranched alkanes of at least 4 members (excludes halogenated alkanes) is 1. The Morgan fingerprint density at radius 1 is 1.07 bits per heavy atom. The van der Waals surface area contributed by atoms with Gasteiger partial charge in [-0.2, -0.15) is 0 Å². The van der Waals surface area contributed by atoms with Crippen molar-refractivity contribution in [1.82, 2.24) is 9.55 Å². The summed E-state index contributed by atoms with van der Waals surface area (Å²) < 4.78 is 7.37. The average molecular weight is 391 g/mol. The number of esters is 1. The second-order valence-electron chi connectivity index (χ2n) is 7.20. The van der Waals surface area contributed by atoms with E-state index in [0.29, 0.717) is 12.5 Å². The van der Waals surface area contributed by atoms with E-state index >= 15 is 0 Å². The normalized spacial score (nSPS) is 18.7. The monoisotopic (exact) mass is 391 g/mol. The van der Waals surface area contributed by atoms with Crippen molar-refractivity contribution in [3.8, 4) is 0 Å². The number of hydrogen-bond acceptors (Lipinski definition) is 4. The zero-order chi connectivity index (χ0) is 20.4. The lowest BCUT2D eigenvalue weighted by molar-refractivity contribution is -0.153. The maximum Gasteiger partial charge on any atom is 0.321 e. The van der Waals surface area contributed by atoms with E-state index in [0.717, 1.165) is 29.4 Å². The first kappa shape index (κ1) is 19.2. The minimum Gasteiger partial charge on any atom is -0.465 e. The molecule has 1 aliphatic heterocycles. The summed E-state index contributed by atoms with van der Waals surface area (Å²) in [5.74, 6) is -1.08. The molecule has 2 aromatic carbocycles. The molecule has 0 saturated heterocycles. The average Bonchev–Trinajstić information content (AvgIpc) is 3.12. The first-order valence-electron chi connectivity index (χ1n) is 10.2. The van der Waals surface area contributed by atoms with Crippen LogP contribution in [0, 0.1) is 5.92 Å². The third-order valence-corrected chi connectivity index (χ3v) is 5.36. The third kappa shape index (κ3) is 3.28. The minimum absolute atomic E-state index is 0.233. The van der Waals surface area contributed by atoms with E-state index < -0.39 is 17.9 Å². The van der Waals surface area contributed by atoms with Crippen molar-refractivity contribution in [3.63, 3.8) is 0 Å². The molecule has 0 N–H and O–H groups in total. The van der Waals surface area contributed by atoms with Crippen LogP contribution < -0.4 is 4.90 Å². The van der Waals surface area contributed by atoms with Crippen LogP contribution in [-0.2, 0) is 14.3 Å². The molecule has 1 aliphatic rings. The molecule has 3 aromatic rings. The SMILES string of the molecule is CCCCN1C(=O)[C@@H](C(=O)OCC)[C@@H](c2ccccc2)n2c1nc1ccccc12. The summed E-state index contributed by atoms with van der Waals surface area (Å²) in [4.78, 5) is 32.9. The van der Waals surface area contributed by atoms with Gasteiger partial charge in [0.1, 0.15) is 0 Å². The summed E-state index contributed by atoms with van der Waals surface area (Å²) in [6, 6.07) is 17.0. The number of rotatable bonds is 6. The Bertz CT molecular complexity index is 1030. The number of nitrogens with zero attached hydrogens (tertiary/aromatic N) is 3. The Morgan fingerprint density at radius 3 is 2.52 bits per heavy atom. The number of aromatic nitrogens is 2. The molecule has 6 nitrogen and oxygen atoms in total. The zero-order valence-electron chi connectivity index (χ0n) is 16.7. The van der Waals surface area contributed by atoms with Gasteiger partial charge >= 0.3 is 5.97 Å². The van der Waals surface area contributed by atoms with Gasteiger partial charge in [-0.25, -0.2) is 4.98 Å². The number of carbonyl (C=O) groups is 2. The predicted molar refractivity (Wildman–Crippen MR) is 112 cm³/mol. The van der Waals surface area contributed by atoms with Crippen molar-refractivity contribution in [2.45, 2.75) is 32.7 Å². The Kier molecular flexibility index (Phi) is 5.34. The maximum atomic E-state index is 13.5. The lowest BCUT2D eigenvalue weighted by Gasteiger charge is -2.38. The van der Waals surface area contributed by atoms with E-state index in [-0.39, 0.29) is 12.5 Å². The number of hydrogen-bond donors (Lipinski definition) is 0. The molecule has 0 aliphatic carbocycles. The Morgan fingerprint density at radius 2 is 1.79 bits per heavy atom. The van der Waals surface area contributed by atoms with Crippen LogP contribution in [0.15, 0.2) is 54.6 Å². The number of amides is 1. The highest BCUT2D eigenvalue weighted by atomic mass is 16.5. The molecule has 0 radical (unpaired) electrons. The van der Waals surface area contributed by atoms with Crippen LogP contribution in [0.1, 0.15) is 38.3 Å². The van der Waals surface area contributed by atoms with Gasteiger partial charge in [-0.15, -0.1) is 0 Å². The molecule has 29 heavy (non-hydrogen) atoms. The zero-order valence-corrected chi connectivity index (χ0v) is 16.7. The van der Waals surface area contributed by atoms with Gasteiger partial charge in [0.05, 0.1) is 23.7 Å². The topological polar surface area (TPSA) is 64.4 Å². The summed E-state index contributed by atoms with van der Waals surface area (Å²) in [6.45, 7) is 4.59. The molecule has 6 heteroatoms. The molecule has 2 heterocycles. The van der Waals surface area contributed by atoms with Gasteiger partial charge in [0.15, 0.2) is 5.92 Å². The Labute approximate surface area is 170 Å². The Hall–Kier alpha value is -3.15. The van der Waals surface area contributed by atoms with Gasteiger partial charge in [-0.1, -0.05) is 55.8 Å². The highest BCUT2D eigenvalue weighted by molar-refractivity contribution is 6.08. The summed E-state index contributed by atoms with van der Waals surface area (Å²) in [5.41, 5.74) is 2.60. The highest BCUT2D eigenvalue weighted by Gasteiger charge is 2.47. The smallest absolute Gasteiger partial charge is 0.321 e. The molecule has 150 valence electrons. The van der Waals surface area contributed by atoms with Crippen LogP contribution >= 0.6 is 0 Å². The molecule has 0 bridgehead atoms. The molecule has 0 unspecified atom stereocenters. The van der Waals surface area contributed by atoms with E-state index in [9.17, 15) is 9.59 Å². The Balaban J connectivity index is 1.97. The molecule has 0 saturated carbocycles. The van der Waals surface area contributed by atoms with E-state index in [4.69, 9.17) is 9.72 Å². The largest absolute Gasteiger partial charge is 0.465 e. The van der Waals surface area contributed by atoms with Crippen molar-refractivity contribution in [2.75, 3.05) is 18.1 Å². The molecule has 4 rings (SSSR count). The fourth-order valence-corrected chi connectivity index (χ4v) is 4.03. The fraction of sp³-hybridized carbons (Fsp3) is 0.348. The molecular weight excluding hydrogens is 366 g/mol. The highest BCUT2D eigenvalue weighted by Crippen LogP contribution is 2.41. The molecule has 1 aromatic heterocycles. The van der Waals surface area contributed by atoms with E-state index in [1.54, 1.807) is 11.8 Å². The van der Waals surface area contributed by atoms with E-state index in [1.165, 1.54) is 0 Å². The van der Waals surface area contributed by atoms with Crippen LogP contribution in [0.2, 0.25) is 0 Å². The standard InChI is InChI=1S/C23H25N3O3/c1-3-5-15-25-21(27)19(22(28)29-4-2)20(16-11-7-6-8-12-16)26-18-14-10-9-13-17(18)24-23(25)26/h6-14,19-20H,3-5,15H2,1-2H3/t19-,20+/m0/s1. The second kappa shape index (κ2) is 8.07. The van der Waals surface area contributed by atoms with Crippen LogP contribution in [0.3, 0.4) is 0 Å². The predicted octanol–water partition coefficient (Wildman–Crippen LogP) is 3.95. The van der Waals surface area contributed by atoms with E-state index in [2.05, 4.69) is 6.92 Å². The lowest BCUT2D eigenvalue weighted by atomic mass is 9.89. The minimum atomic E-state index is -0.945. The van der Waals surface area contributed by atoms with Gasteiger partial charge in [-0.05, 0) is 31.0 Å². The summed E-state index contributed by atoms with van der Waals surface area (Å²) in [7, 11) is 0. The number of carbonyl (C=O) groups excluding carboxylic acids is 2. The van der Waals surface area contributed by atoms with Gasteiger partial charge < -0.3 is 9.30 Å². The molecule has 0 fully saturated rings. The number of benzene rings is 2. The fourth-order valence-electron chi connectivity index (χ4n) is 4.03. The van der Waals surface area contributed by atoms with Crippen LogP contribution in [0.5, 0.6) is 0 Å². The quantitative estimate of drug-likeness (QED) is 0.471. The number of fused-ring (bicyclic) bond motifs is 3. The van der Waals surface area contributed by atoms with Crippen LogP contribution in [0.4, 0.5) is 5.95 Å². The second-order valence-corrected chi connectivity index (χ2v) is 7.20. The molecule has 2 atom stereocenters. The first-order chi connectivity index (χ1) is 14.2. The van der Waals surface area contributed by atoms with Crippen LogP contribution in [0.25, 0.3) is 11.0 Å². The maximum absolute atomic E-state index is 13.5. The molecular formula is C23H25N3O3. The van der Waals surface area contributed by atoms with Gasteiger partial charge in [-0.3, -0.25) is 14.5 Å². The van der Waals surface area contributed by atoms with Gasteiger partial charge in [0, 0.05) is 6.54 Å². The van der Waals surface area contributed by atoms with Gasteiger partial charge in [0.25, 0.3) is 0 Å². The van der Waals surface area contributed by atoms with Gasteiger partial charge in [0.2, 0.25) is 11.9 Å². The van der Waals surface area contributed by atoms with Crippen molar-refractivity contribution in [2.24, 2.45) is 5.92 Å².